The van der Waals surface area contributed by atoms with Gasteiger partial charge in [0.2, 0.25) is 23.1 Å². The van der Waals surface area contributed by atoms with Crippen LogP contribution in [-0.2, 0) is 25.4 Å². The maximum Gasteiger partial charge on any atom is 0.357 e. The van der Waals surface area contributed by atoms with Crippen molar-refractivity contribution < 1.29 is 90.1 Å². The van der Waals surface area contributed by atoms with Gasteiger partial charge in [-0.15, -0.1) is 57.1 Å². The second kappa shape index (κ2) is 49.2. The van der Waals surface area contributed by atoms with Gasteiger partial charge >= 0.3 is 23.9 Å². The zero-order valence-corrected chi connectivity index (χ0v) is 65.1. The molecule has 0 aliphatic carbocycles. The van der Waals surface area contributed by atoms with Crippen molar-refractivity contribution in [3.8, 4) is 40.2 Å². The molecule has 0 aliphatic rings. The molecule has 570 valence electrons. The summed E-state index contributed by atoms with van der Waals surface area (Å²) in [6, 6.07) is 35.1. The smallest absolute Gasteiger partial charge is 0.357 e. The van der Waals surface area contributed by atoms with Gasteiger partial charge < -0.3 is 47.4 Å². The van der Waals surface area contributed by atoms with Gasteiger partial charge in [0.15, 0.2) is 69.2 Å². The number of ketones is 4. The van der Waals surface area contributed by atoms with E-state index >= 15 is 0 Å². The van der Waals surface area contributed by atoms with Gasteiger partial charge in [-0.05, 0) is 146 Å². The van der Waals surface area contributed by atoms with E-state index in [1.165, 1.54) is 175 Å². The molecule has 4 heterocycles. The number of thiazole rings is 4. The molecule has 0 N–H and O–H groups in total. The van der Waals surface area contributed by atoms with E-state index < -0.39 is 23.9 Å². The Hall–Kier alpha value is -9.74. The molecule has 0 fully saturated rings. The van der Waals surface area contributed by atoms with Gasteiger partial charge in [0.05, 0.1) is 35.0 Å². The van der Waals surface area contributed by atoms with E-state index in [-0.39, 0.29) is 98.2 Å². The Balaban J connectivity index is 0.000000223. The summed E-state index contributed by atoms with van der Waals surface area (Å²) in [7, 11) is 5.07. The number of hydrogen-bond donors (Lipinski definition) is 0. The third-order valence-electron chi connectivity index (χ3n) is 15.1. The van der Waals surface area contributed by atoms with E-state index in [0.717, 1.165) is 69.7 Å². The molecule has 0 aliphatic heterocycles. The molecule has 0 unspecified atom stereocenters. The summed E-state index contributed by atoms with van der Waals surface area (Å²) in [5.41, 5.74) is 1.79. The number of hydrogen-bond acceptors (Lipinski definition) is 27. The lowest BCUT2D eigenvalue weighted by molar-refractivity contribution is 0.0586. The number of aromatic nitrogens is 4. The van der Waals surface area contributed by atoms with Crippen molar-refractivity contribution in [2.75, 3.05) is 67.2 Å². The quantitative estimate of drug-likeness (QED) is 0.0113. The molecule has 0 atom stereocenters. The highest BCUT2D eigenvalue weighted by Crippen LogP contribution is 2.27. The first-order chi connectivity index (χ1) is 51.9. The number of nitrogens with zero attached hydrogens (tertiary/aromatic N) is 4. The minimum Gasteiger partial charge on any atom is -0.494 e. The van der Waals surface area contributed by atoms with Crippen LogP contribution < -0.4 is 28.4 Å². The second-order valence-corrected chi connectivity index (χ2v) is 27.9. The SMILES string of the molecule is CCCCCCCCc1ccc(OCC(=O)c2nc(C(=O)OC)cs2)cc1.CCCCCCCOc1ccc(OCC(=O)c2nc(C(=O)OC)cs2)cc1.CCCCCCSc1ccc(OCC(=O)c2nc(C(=O)OC)cs2)cc1.COC(=O)c1csc(C(=O)COc2ccc(Oc3ccc(F)cc3)cc2)n1. The number of unbranched alkanes of at least 4 members (excludes halogenated alkanes) is 12. The van der Waals surface area contributed by atoms with Crippen LogP contribution in [0.4, 0.5) is 4.39 Å². The third kappa shape index (κ3) is 32.1. The minimum atomic E-state index is -0.594. The lowest BCUT2D eigenvalue weighted by atomic mass is 10.0. The van der Waals surface area contributed by atoms with Crippen molar-refractivity contribution in [3.05, 3.63) is 197 Å². The van der Waals surface area contributed by atoms with Crippen LogP contribution in [0.3, 0.4) is 0 Å². The number of ether oxygens (including phenoxy) is 10. The maximum atomic E-state index is 12.9. The fraction of sp³-hybridized carbons (Fsp3) is 0.367. The summed E-state index contributed by atoms with van der Waals surface area (Å²) < 4.78 is 64.4. The van der Waals surface area contributed by atoms with E-state index in [0.29, 0.717) is 41.1 Å². The lowest BCUT2D eigenvalue weighted by Crippen LogP contribution is -2.12. The summed E-state index contributed by atoms with van der Waals surface area (Å²) in [4.78, 5) is 111. The Kier molecular flexibility index (Phi) is 39.6. The van der Waals surface area contributed by atoms with Gasteiger partial charge in [0.1, 0.15) is 46.1 Å². The van der Waals surface area contributed by atoms with E-state index in [9.17, 15) is 42.7 Å². The summed E-state index contributed by atoms with van der Waals surface area (Å²) in [5.74, 6) is 1.53. The zero-order valence-electron chi connectivity index (χ0n) is 61.0. The summed E-state index contributed by atoms with van der Waals surface area (Å²) in [5, 5.41) is 6.85. The van der Waals surface area contributed by atoms with E-state index in [1.54, 1.807) is 36.4 Å². The van der Waals surface area contributed by atoms with Gasteiger partial charge in [-0.1, -0.05) is 110 Å². The number of halogens is 1. The first-order valence-corrected chi connectivity index (χ1v) is 39.3. The normalized spacial score (nSPS) is 10.5. The molecule has 0 amide bonds. The fourth-order valence-corrected chi connectivity index (χ4v) is 13.0. The first kappa shape index (κ1) is 86.2. The minimum absolute atomic E-state index is 0.0909. The lowest BCUT2D eigenvalue weighted by Gasteiger charge is -2.08. The van der Waals surface area contributed by atoms with Gasteiger partial charge in [0, 0.05) is 26.4 Å². The van der Waals surface area contributed by atoms with Crippen LogP contribution in [0.5, 0.6) is 40.2 Å². The Morgan fingerprint density at radius 2 is 0.636 bits per heavy atom. The summed E-state index contributed by atoms with van der Waals surface area (Å²) in [6.07, 6.45) is 19.8. The van der Waals surface area contributed by atoms with Gasteiger partial charge in [-0.3, -0.25) is 19.2 Å². The Morgan fingerprint density at radius 1 is 0.346 bits per heavy atom. The Bertz CT molecular complexity index is 4040. The van der Waals surface area contributed by atoms with Crippen molar-refractivity contribution in [1.29, 1.82) is 0 Å². The van der Waals surface area contributed by atoms with Crippen molar-refractivity contribution >= 4 is 104 Å². The van der Waals surface area contributed by atoms with E-state index in [1.807, 2.05) is 72.4 Å². The number of methoxy groups -OCH3 is 4. The van der Waals surface area contributed by atoms with Crippen molar-refractivity contribution in [3.63, 3.8) is 0 Å². The first-order valence-electron chi connectivity index (χ1n) is 34.8. The molecule has 5 aromatic carbocycles. The number of carbonyl (C=O) groups is 8. The molecule has 107 heavy (non-hydrogen) atoms. The molecular formula is C79H89FN4O18S5. The molecule has 0 bridgehead atoms. The monoisotopic (exact) mass is 1560 g/mol. The molecule has 28 heteroatoms. The highest BCUT2D eigenvalue weighted by atomic mass is 32.2. The van der Waals surface area contributed by atoms with E-state index in [2.05, 4.69) is 59.7 Å². The van der Waals surface area contributed by atoms with Crippen LogP contribution >= 0.6 is 57.1 Å². The predicted molar refractivity (Wildman–Crippen MR) is 412 cm³/mol. The molecule has 22 nitrogen and oxygen atoms in total. The molecular weight excluding hydrogens is 1470 g/mol. The average molecular weight is 1560 g/mol. The zero-order chi connectivity index (χ0) is 77.0. The molecule has 9 rings (SSSR count). The standard InChI is InChI=1S/C21H27NO4S.C20H25NO5S.C19H14FNO5S.C19H23NO4S2/c1-3-4-5-6-7-8-9-16-10-12-17(13-11-16)26-14-19(23)20-22-18(15-27-20)21(24)25-2;1-3-4-5-6-7-12-25-15-8-10-16(11-9-15)26-13-18(22)19-21-17(14-27-19)20(23)24-2;1-24-19(23)16-11-27-18(21-16)17(22)10-25-13-6-8-15(9-7-13)26-14-4-2-12(20)3-5-14;1-3-4-5-6-11-25-15-9-7-14(8-10-15)24-12-17(21)18-20-16(13-26-18)19(22)23-2/h10-13,15H,3-9,14H2,1-2H3;8-11,14H,3-7,12-13H2,1-2H3;2-9,11H,10H2,1H3;7-10,13H,3-6,11-12H2,1-2H3. The molecule has 4 aromatic heterocycles. The maximum absolute atomic E-state index is 12.9. The third-order valence-corrected chi connectivity index (χ3v) is 19.7. The number of Topliss-reactive ketones (excluding diaryl/α,β-unsaturated/α-hetero) is 4. The molecule has 0 saturated carbocycles. The van der Waals surface area contributed by atoms with Crippen LogP contribution in [0.15, 0.2) is 148 Å². The molecule has 0 radical (unpaired) electrons. The van der Waals surface area contributed by atoms with Gasteiger partial charge in [0.25, 0.3) is 0 Å². The number of esters is 4. The largest absolute Gasteiger partial charge is 0.494 e. The molecule has 0 spiro atoms. The highest BCUT2D eigenvalue weighted by molar-refractivity contribution is 7.99. The van der Waals surface area contributed by atoms with Crippen molar-refractivity contribution in [2.45, 2.75) is 128 Å². The topological polar surface area (TPSA) is 280 Å². The second-order valence-electron chi connectivity index (χ2n) is 23.3. The fourth-order valence-electron chi connectivity index (χ4n) is 9.23. The number of aryl methyl sites for hydroxylation is 1. The Morgan fingerprint density at radius 3 is 0.991 bits per heavy atom. The number of benzene rings is 5. The van der Waals surface area contributed by atoms with Gasteiger partial charge in [-0.2, -0.15) is 0 Å². The summed E-state index contributed by atoms with van der Waals surface area (Å²) >= 11 is 6.20. The van der Waals surface area contributed by atoms with Crippen molar-refractivity contribution in [2.24, 2.45) is 0 Å². The van der Waals surface area contributed by atoms with E-state index in [4.69, 9.17) is 28.4 Å². The predicted octanol–water partition coefficient (Wildman–Crippen LogP) is 18.6. The number of carbonyl (C=O) groups excluding carboxylic acids is 8. The Labute approximate surface area is 643 Å². The van der Waals surface area contributed by atoms with Crippen LogP contribution in [0.25, 0.3) is 0 Å². The number of thioether (sulfide) groups is 1. The highest BCUT2D eigenvalue weighted by Gasteiger charge is 2.21. The van der Waals surface area contributed by atoms with Crippen LogP contribution in [0, 0.1) is 5.82 Å². The summed E-state index contributed by atoms with van der Waals surface area (Å²) in [6.45, 7) is 6.76. The molecule has 9 aromatic rings. The average Bonchev–Trinajstić information content (AvgIpc) is 1.81. The number of rotatable bonds is 42. The van der Waals surface area contributed by atoms with Crippen LogP contribution in [0.2, 0.25) is 0 Å². The van der Waals surface area contributed by atoms with Gasteiger partial charge in [-0.25, -0.2) is 43.5 Å². The van der Waals surface area contributed by atoms with Crippen LogP contribution in [-0.4, -0.2) is 134 Å². The molecule has 0 saturated heterocycles. The van der Waals surface area contributed by atoms with Crippen molar-refractivity contribution in [1.82, 2.24) is 19.9 Å². The van der Waals surface area contributed by atoms with Crippen LogP contribution in [0.1, 0.15) is 204 Å².